The summed E-state index contributed by atoms with van der Waals surface area (Å²) in [4.78, 5) is 6.05. The summed E-state index contributed by atoms with van der Waals surface area (Å²) in [5.74, 6) is 1.60. The van der Waals surface area contributed by atoms with Crippen LogP contribution in [0.4, 0.5) is 0 Å². The Kier molecular flexibility index (Phi) is 3.53. The third kappa shape index (κ3) is 2.65. The molecule has 19 heavy (non-hydrogen) atoms. The normalized spacial score (nSPS) is 14.6. The van der Waals surface area contributed by atoms with Gasteiger partial charge in [0.15, 0.2) is 0 Å². The molecule has 1 fully saturated rings. The van der Waals surface area contributed by atoms with Crippen molar-refractivity contribution >= 4 is 11.3 Å². The average molecular weight is 274 g/mol. The zero-order chi connectivity index (χ0) is 13.2. The van der Waals surface area contributed by atoms with Crippen molar-refractivity contribution in [3.63, 3.8) is 0 Å². The Morgan fingerprint density at radius 1 is 1.37 bits per heavy atom. The molecule has 1 aliphatic rings. The van der Waals surface area contributed by atoms with Crippen molar-refractivity contribution in [1.82, 2.24) is 4.98 Å². The number of hydrogen-bond acceptors (Lipinski definition) is 4. The second-order valence-electron chi connectivity index (χ2n) is 4.88. The molecule has 1 aromatic heterocycles. The van der Waals surface area contributed by atoms with Gasteiger partial charge in [-0.3, -0.25) is 0 Å². The number of rotatable bonds is 5. The van der Waals surface area contributed by atoms with E-state index >= 15 is 0 Å². The Labute approximate surface area is 117 Å². The maximum atomic E-state index is 5.82. The van der Waals surface area contributed by atoms with Crippen molar-refractivity contribution in [3.05, 3.63) is 45.4 Å². The van der Waals surface area contributed by atoms with Gasteiger partial charge in [-0.1, -0.05) is 18.2 Å². The zero-order valence-electron chi connectivity index (χ0n) is 11.1. The maximum Gasteiger partial charge on any atom is 0.122 e. The molecule has 0 radical (unpaired) electrons. The minimum absolute atomic E-state index is 0.607. The Bertz CT molecular complexity index is 575. The Hall–Kier alpha value is -1.39. The van der Waals surface area contributed by atoms with Crippen LogP contribution in [0.25, 0.3) is 0 Å². The van der Waals surface area contributed by atoms with Crippen LogP contribution in [-0.4, -0.2) is 12.1 Å². The summed E-state index contributed by atoms with van der Waals surface area (Å²) >= 11 is 1.75. The van der Waals surface area contributed by atoms with Gasteiger partial charge in [-0.2, -0.15) is 0 Å². The summed E-state index contributed by atoms with van der Waals surface area (Å²) < 4.78 is 5.39. The highest BCUT2D eigenvalue weighted by Crippen LogP contribution is 2.42. The first kappa shape index (κ1) is 12.6. The first-order valence-corrected chi connectivity index (χ1v) is 7.44. The molecular formula is C15H18N2OS. The first-order chi connectivity index (χ1) is 9.31. The fraction of sp³-hybridized carbons (Fsp3) is 0.400. The van der Waals surface area contributed by atoms with Crippen molar-refractivity contribution in [2.75, 3.05) is 7.11 Å². The van der Waals surface area contributed by atoms with Crippen LogP contribution in [0.2, 0.25) is 0 Å². The van der Waals surface area contributed by atoms with E-state index < -0.39 is 0 Å². The summed E-state index contributed by atoms with van der Waals surface area (Å²) in [6.45, 7) is 0.607. The van der Waals surface area contributed by atoms with Gasteiger partial charge in [-0.25, -0.2) is 4.98 Å². The van der Waals surface area contributed by atoms with Gasteiger partial charge < -0.3 is 10.5 Å². The van der Waals surface area contributed by atoms with Crippen LogP contribution in [0.3, 0.4) is 0 Å². The number of benzene rings is 1. The lowest BCUT2D eigenvalue weighted by Crippen LogP contribution is -1.97. The fourth-order valence-corrected chi connectivity index (χ4v) is 3.38. The third-order valence-electron chi connectivity index (χ3n) is 3.46. The van der Waals surface area contributed by atoms with Gasteiger partial charge in [0.1, 0.15) is 5.75 Å². The fourth-order valence-electron chi connectivity index (χ4n) is 2.32. The van der Waals surface area contributed by atoms with Gasteiger partial charge in [0, 0.05) is 29.3 Å². The minimum Gasteiger partial charge on any atom is -0.496 e. The van der Waals surface area contributed by atoms with Gasteiger partial charge in [-0.15, -0.1) is 11.3 Å². The molecule has 1 saturated carbocycles. The number of methoxy groups -OCH3 is 1. The van der Waals surface area contributed by atoms with E-state index in [0.717, 1.165) is 17.2 Å². The monoisotopic (exact) mass is 274 g/mol. The van der Waals surface area contributed by atoms with Crippen LogP contribution >= 0.6 is 11.3 Å². The third-order valence-corrected chi connectivity index (χ3v) is 4.55. The highest BCUT2D eigenvalue weighted by atomic mass is 32.1. The van der Waals surface area contributed by atoms with Crippen molar-refractivity contribution in [3.8, 4) is 5.75 Å². The molecule has 1 aliphatic carbocycles. The second-order valence-corrected chi connectivity index (χ2v) is 6.05. The average Bonchev–Trinajstić information content (AvgIpc) is 3.21. The molecule has 0 atom stereocenters. The van der Waals surface area contributed by atoms with Gasteiger partial charge in [0.25, 0.3) is 0 Å². The summed E-state index contributed by atoms with van der Waals surface area (Å²) in [5, 5.41) is 1.15. The highest BCUT2D eigenvalue weighted by Gasteiger charge is 2.29. The molecule has 2 aromatic rings. The molecule has 1 aromatic carbocycles. The molecular weight excluding hydrogens is 256 g/mol. The molecule has 1 heterocycles. The number of para-hydroxylation sites is 1. The van der Waals surface area contributed by atoms with E-state index in [9.17, 15) is 0 Å². The lowest BCUT2D eigenvalue weighted by atomic mass is 10.1. The quantitative estimate of drug-likeness (QED) is 0.911. The Morgan fingerprint density at radius 3 is 2.84 bits per heavy atom. The van der Waals surface area contributed by atoms with E-state index in [1.165, 1.54) is 29.0 Å². The number of hydrogen-bond donors (Lipinski definition) is 1. The molecule has 0 amide bonds. The molecule has 0 unspecified atom stereocenters. The molecule has 0 saturated heterocycles. The topological polar surface area (TPSA) is 48.1 Å². The molecule has 0 aliphatic heterocycles. The summed E-state index contributed by atoms with van der Waals surface area (Å²) in [7, 11) is 1.71. The number of thiazole rings is 1. The van der Waals surface area contributed by atoms with Gasteiger partial charge in [0.2, 0.25) is 0 Å². The van der Waals surface area contributed by atoms with Gasteiger partial charge >= 0.3 is 0 Å². The zero-order valence-corrected chi connectivity index (χ0v) is 11.9. The highest BCUT2D eigenvalue weighted by molar-refractivity contribution is 7.11. The smallest absolute Gasteiger partial charge is 0.122 e. The second kappa shape index (κ2) is 5.31. The van der Waals surface area contributed by atoms with Crippen LogP contribution in [-0.2, 0) is 13.0 Å². The van der Waals surface area contributed by atoms with E-state index in [0.29, 0.717) is 12.5 Å². The lowest BCUT2D eigenvalue weighted by molar-refractivity contribution is 0.410. The van der Waals surface area contributed by atoms with Crippen LogP contribution in [0.1, 0.15) is 39.9 Å². The largest absolute Gasteiger partial charge is 0.496 e. The van der Waals surface area contributed by atoms with Crippen molar-refractivity contribution in [2.24, 2.45) is 5.73 Å². The summed E-state index contributed by atoms with van der Waals surface area (Å²) in [5.41, 5.74) is 8.26. The van der Waals surface area contributed by atoms with Gasteiger partial charge in [0.05, 0.1) is 17.8 Å². The van der Waals surface area contributed by atoms with E-state index in [-0.39, 0.29) is 0 Å². The summed E-state index contributed by atoms with van der Waals surface area (Å²) in [6.07, 6.45) is 3.37. The number of aromatic nitrogens is 1. The molecule has 3 rings (SSSR count). The summed E-state index contributed by atoms with van der Waals surface area (Å²) in [6, 6.07) is 8.12. The SMILES string of the molecule is COc1ccccc1Cc1nc(C2CC2)c(CN)s1. The molecule has 2 N–H and O–H groups in total. The van der Waals surface area contributed by atoms with Crippen LogP contribution in [0.5, 0.6) is 5.75 Å². The molecule has 100 valence electrons. The van der Waals surface area contributed by atoms with Crippen molar-refractivity contribution in [1.29, 1.82) is 0 Å². The van der Waals surface area contributed by atoms with E-state index in [4.69, 9.17) is 15.5 Å². The van der Waals surface area contributed by atoms with E-state index in [1.54, 1.807) is 18.4 Å². The number of ether oxygens (including phenoxy) is 1. The van der Waals surface area contributed by atoms with E-state index in [1.807, 2.05) is 18.2 Å². The maximum absolute atomic E-state index is 5.82. The number of nitrogens with zero attached hydrogens (tertiary/aromatic N) is 1. The Morgan fingerprint density at radius 2 is 2.16 bits per heavy atom. The van der Waals surface area contributed by atoms with Gasteiger partial charge in [-0.05, 0) is 18.9 Å². The van der Waals surface area contributed by atoms with Crippen LogP contribution in [0.15, 0.2) is 24.3 Å². The standard InChI is InChI=1S/C15H18N2OS/c1-18-12-5-3-2-4-11(12)8-14-17-15(10-6-7-10)13(9-16)19-14/h2-5,10H,6-9,16H2,1H3. The van der Waals surface area contributed by atoms with Crippen molar-refractivity contribution in [2.45, 2.75) is 31.7 Å². The molecule has 3 nitrogen and oxygen atoms in total. The number of nitrogens with two attached hydrogens (primary N) is 1. The predicted molar refractivity (Wildman–Crippen MR) is 77.8 cm³/mol. The lowest BCUT2D eigenvalue weighted by Gasteiger charge is -2.05. The predicted octanol–water partition coefficient (Wildman–Crippen LogP) is 3.08. The van der Waals surface area contributed by atoms with Crippen molar-refractivity contribution < 1.29 is 4.74 Å². The minimum atomic E-state index is 0.607. The molecule has 4 heteroatoms. The van der Waals surface area contributed by atoms with Crippen LogP contribution in [0, 0.1) is 0 Å². The molecule has 0 spiro atoms. The Balaban J connectivity index is 1.86. The van der Waals surface area contributed by atoms with E-state index in [2.05, 4.69) is 6.07 Å². The van der Waals surface area contributed by atoms with Crippen LogP contribution < -0.4 is 10.5 Å². The molecule has 0 bridgehead atoms. The first-order valence-electron chi connectivity index (χ1n) is 6.62.